The molecule has 1 aliphatic rings. The Labute approximate surface area is 131 Å². The summed E-state index contributed by atoms with van der Waals surface area (Å²) in [6, 6.07) is 3.01. The first-order chi connectivity index (χ1) is 9.45. The monoisotopic (exact) mass is 336 g/mol. The molecule has 1 aliphatic heterocycles. The molecule has 1 aromatic rings. The van der Waals surface area contributed by atoms with Gasteiger partial charge in [-0.05, 0) is 12.1 Å². The molecule has 8 heteroatoms. The number of quaternary nitrogens is 1. The van der Waals surface area contributed by atoms with Crippen LogP contribution in [0, 0.1) is 0 Å². The Hall–Kier alpha value is -1.01. The van der Waals surface area contributed by atoms with Crippen LogP contribution in [0.4, 0.5) is 5.69 Å². The molecule has 1 atom stereocenters. The first kappa shape index (κ1) is 15.4. The lowest BCUT2D eigenvalue weighted by molar-refractivity contribution is -0.885. The molecule has 0 radical (unpaired) electrons. The minimum atomic E-state index is -0.249. The van der Waals surface area contributed by atoms with Crippen LogP contribution in [-0.4, -0.2) is 38.0 Å². The smallest absolute Gasteiger partial charge is 0.279 e. The standard InChI is InChI=1S/C12H12Cl3N3O2/c13-7-3-8(14)12(9(15)4-7)17-11(20)6-18-2-1-16-10(19)5-18/h3-4H,1-2,5-6H2,(H,16,19)(H,17,20)/p+1. The maximum absolute atomic E-state index is 12.0. The van der Waals surface area contributed by atoms with Crippen LogP contribution in [0.15, 0.2) is 12.1 Å². The number of rotatable bonds is 3. The third-order valence-corrected chi connectivity index (χ3v) is 3.71. The fourth-order valence-electron chi connectivity index (χ4n) is 1.98. The van der Waals surface area contributed by atoms with Gasteiger partial charge >= 0.3 is 0 Å². The van der Waals surface area contributed by atoms with Crippen LogP contribution < -0.4 is 15.5 Å². The highest BCUT2D eigenvalue weighted by molar-refractivity contribution is 6.42. The van der Waals surface area contributed by atoms with Gasteiger partial charge in [0.2, 0.25) is 0 Å². The summed E-state index contributed by atoms with van der Waals surface area (Å²) in [5, 5.41) is 6.32. The van der Waals surface area contributed by atoms with E-state index in [0.717, 1.165) is 4.90 Å². The zero-order valence-corrected chi connectivity index (χ0v) is 12.7. The van der Waals surface area contributed by atoms with Gasteiger partial charge in [0.1, 0.15) is 0 Å². The van der Waals surface area contributed by atoms with Crippen LogP contribution in [0.5, 0.6) is 0 Å². The Kier molecular flexibility index (Phi) is 5.10. The van der Waals surface area contributed by atoms with E-state index in [1.54, 1.807) is 0 Å². The lowest BCUT2D eigenvalue weighted by atomic mass is 10.3. The number of hydrogen-bond acceptors (Lipinski definition) is 2. The van der Waals surface area contributed by atoms with E-state index in [1.165, 1.54) is 12.1 Å². The van der Waals surface area contributed by atoms with E-state index >= 15 is 0 Å². The van der Waals surface area contributed by atoms with Gasteiger partial charge < -0.3 is 15.5 Å². The molecule has 5 nitrogen and oxygen atoms in total. The van der Waals surface area contributed by atoms with E-state index in [1.807, 2.05) is 0 Å². The van der Waals surface area contributed by atoms with Gasteiger partial charge in [0.15, 0.2) is 13.1 Å². The number of hydrogen-bond donors (Lipinski definition) is 3. The van der Waals surface area contributed by atoms with E-state index < -0.39 is 0 Å². The van der Waals surface area contributed by atoms with Gasteiger partial charge in [0.25, 0.3) is 11.8 Å². The molecule has 0 aromatic heterocycles. The van der Waals surface area contributed by atoms with Crippen molar-refractivity contribution in [3.8, 4) is 0 Å². The lowest BCUT2D eigenvalue weighted by Crippen LogP contribution is -3.16. The summed E-state index contributed by atoms with van der Waals surface area (Å²) < 4.78 is 0. The van der Waals surface area contributed by atoms with Gasteiger partial charge in [-0.2, -0.15) is 0 Å². The zero-order valence-electron chi connectivity index (χ0n) is 10.4. The molecular formula is C12H13Cl3N3O2+. The van der Waals surface area contributed by atoms with Gasteiger partial charge in [-0.3, -0.25) is 9.59 Å². The number of nitrogens with one attached hydrogen (secondary N) is 3. The van der Waals surface area contributed by atoms with Crippen molar-refractivity contribution in [3.63, 3.8) is 0 Å². The predicted octanol–water partition coefficient (Wildman–Crippen LogP) is 0.600. The van der Waals surface area contributed by atoms with E-state index in [2.05, 4.69) is 10.6 Å². The molecule has 20 heavy (non-hydrogen) atoms. The van der Waals surface area contributed by atoms with Crippen molar-refractivity contribution in [2.75, 3.05) is 31.5 Å². The van der Waals surface area contributed by atoms with Crippen molar-refractivity contribution in [2.24, 2.45) is 0 Å². The van der Waals surface area contributed by atoms with Crippen LogP contribution in [0.2, 0.25) is 15.1 Å². The second-order valence-electron chi connectivity index (χ2n) is 4.50. The summed E-state index contributed by atoms with van der Waals surface area (Å²) in [5.74, 6) is -0.303. The number of amides is 2. The van der Waals surface area contributed by atoms with E-state index in [9.17, 15) is 9.59 Å². The van der Waals surface area contributed by atoms with Crippen LogP contribution in [0.25, 0.3) is 0 Å². The highest BCUT2D eigenvalue weighted by atomic mass is 35.5. The second-order valence-corrected chi connectivity index (χ2v) is 5.75. The van der Waals surface area contributed by atoms with Crippen molar-refractivity contribution in [1.82, 2.24) is 5.32 Å². The Morgan fingerprint density at radius 1 is 1.30 bits per heavy atom. The Morgan fingerprint density at radius 3 is 2.55 bits per heavy atom. The van der Waals surface area contributed by atoms with Crippen LogP contribution >= 0.6 is 34.8 Å². The highest BCUT2D eigenvalue weighted by Crippen LogP contribution is 2.33. The first-order valence-corrected chi connectivity index (χ1v) is 7.14. The quantitative estimate of drug-likeness (QED) is 0.756. The summed E-state index contributed by atoms with van der Waals surface area (Å²) in [5.41, 5.74) is 0.337. The summed E-state index contributed by atoms with van der Waals surface area (Å²) in [6.07, 6.45) is 0. The molecule has 1 aromatic carbocycles. The van der Waals surface area contributed by atoms with Gasteiger partial charge in [-0.25, -0.2) is 0 Å². The molecule has 3 N–H and O–H groups in total. The molecule has 1 saturated heterocycles. The number of carbonyl (C=O) groups is 2. The molecule has 1 unspecified atom stereocenters. The Balaban J connectivity index is 1.99. The number of halogens is 3. The lowest BCUT2D eigenvalue weighted by Gasteiger charge is -2.23. The fraction of sp³-hybridized carbons (Fsp3) is 0.333. The summed E-state index contributed by atoms with van der Waals surface area (Å²) in [6.45, 7) is 1.75. The minimum Gasteiger partial charge on any atom is -0.346 e. The summed E-state index contributed by atoms with van der Waals surface area (Å²) in [4.78, 5) is 24.1. The molecular weight excluding hydrogens is 325 g/mol. The maximum Gasteiger partial charge on any atom is 0.279 e. The summed E-state index contributed by atoms with van der Waals surface area (Å²) >= 11 is 17.8. The molecule has 1 heterocycles. The van der Waals surface area contributed by atoms with Crippen molar-refractivity contribution in [2.45, 2.75) is 0 Å². The van der Waals surface area contributed by atoms with Crippen LogP contribution in [-0.2, 0) is 9.59 Å². The van der Waals surface area contributed by atoms with Gasteiger partial charge in [-0.1, -0.05) is 34.8 Å². The molecule has 0 saturated carbocycles. The summed E-state index contributed by atoms with van der Waals surface area (Å²) in [7, 11) is 0. The zero-order chi connectivity index (χ0) is 14.7. The third-order valence-electron chi connectivity index (χ3n) is 2.89. The average molecular weight is 338 g/mol. The van der Waals surface area contributed by atoms with Crippen molar-refractivity contribution >= 4 is 52.3 Å². The van der Waals surface area contributed by atoms with Crippen LogP contribution in [0.1, 0.15) is 0 Å². The Bertz CT molecular complexity index is 528. The Morgan fingerprint density at radius 2 is 1.95 bits per heavy atom. The maximum atomic E-state index is 12.0. The third kappa shape index (κ3) is 3.99. The van der Waals surface area contributed by atoms with Gasteiger partial charge in [0, 0.05) is 5.02 Å². The molecule has 2 amide bonds. The van der Waals surface area contributed by atoms with Gasteiger partial charge in [-0.15, -0.1) is 0 Å². The van der Waals surface area contributed by atoms with Crippen LogP contribution in [0.3, 0.4) is 0 Å². The fourth-order valence-corrected chi connectivity index (χ4v) is 2.89. The van der Waals surface area contributed by atoms with Crippen molar-refractivity contribution in [1.29, 1.82) is 0 Å². The minimum absolute atomic E-state index is 0.0541. The predicted molar refractivity (Wildman–Crippen MR) is 78.7 cm³/mol. The molecule has 1 fully saturated rings. The molecule has 0 aliphatic carbocycles. The second kappa shape index (κ2) is 6.63. The number of piperazine rings is 1. The van der Waals surface area contributed by atoms with E-state index in [0.29, 0.717) is 23.8 Å². The average Bonchev–Trinajstić information content (AvgIpc) is 2.33. The van der Waals surface area contributed by atoms with Gasteiger partial charge in [0.05, 0.1) is 28.8 Å². The number of carbonyl (C=O) groups excluding carboxylic acids is 2. The highest BCUT2D eigenvalue weighted by Gasteiger charge is 2.22. The normalized spacial score (nSPS) is 18.6. The largest absolute Gasteiger partial charge is 0.346 e. The van der Waals surface area contributed by atoms with Crippen molar-refractivity contribution < 1.29 is 14.5 Å². The molecule has 108 valence electrons. The van der Waals surface area contributed by atoms with E-state index in [4.69, 9.17) is 34.8 Å². The van der Waals surface area contributed by atoms with Crippen molar-refractivity contribution in [3.05, 3.63) is 27.2 Å². The first-order valence-electron chi connectivity index (χ1n) is 6.00. The topological polar surface area (TPSA) is 62.6 Å². The van der Waals surface area contributed by atoms with E-state index in [-0.39, 0.29) is 34.9 Å². The molecule has 0 bridgehead atoms. The number of anilines is 1. The SMILES string of the molecule is O=C1C[NH+](CC(=O)Nc2c(Cl)cc(Cl)cc2Cl)CCN1. The molecule has 0 spiro atoms. The molecule has 2 rings (SSSR count). The number of benzene rings is 1.